The number of hydrogen-bond acceptors (Lipinski definition) is 5. The second kappa shape index (κ2) is 16.2. The van der Waals surface area contributed by atoms with Gasteiger partial charge in [0.05, 0.1) is 33.4 Å². The summed E-state index contributed by atoms with van der Waals surface area (Å²) in [6, 6.07) is 19.3. The fraction of sp³-hybridized carbons (Fsp3) is 0.281. The second-order valence-electron chi connectivity index (χ2n) is 10.7. The number of anilines is 1. The highest BCUT2D eigenvalue weighted by atomic mass is 79.9. The Morgan fingerprint density at radius 3 is 2.56 bits per heavy atom. The van der Waals surface area contributed by atoms with Crippen LogP contribution in [0.3, 0.4) is 0 Å². The summed E-state index contributed by atoms with van der Waals surface area (Å²) in [6.07, 6.45) is 4.25. The molecule has 0 aliphatic carbocycles. The van der Waals surface area contributed by atoms with Crippen molar-refractivity contribution in [3.63, 3.8) is 0 Å². The Balaban J connectivity index is 1.51. The second-order valence-corrected chi connectivity index (χ2v) is 12.7. The third-order valence-corrected chi connectivity index (χ3v) is 9.44. The number of aromatic nitrogens is 2. The highest BCUT2D eigenvalue weighted by Crippen LogP contribution is 2.28. The highest BCUT2D eigenvalue weighted by molar-refractivity contribution is 9.10. The molecule has 3 aromatic carbocycles. The van der Waals surface area contributed by atoms with Crippen molar-refractivity contribution >= 4 is 73.7 Å². The Hall–Kier alpha value is -3.51. The topological polar surface area (TPSA) is 105 Å². The standard InChI is InChI=1S/C32H33BrCl2N6O3S/c1-3-21(2)29(37-30(42)15-25-16-36-20-40(25)17-22-11-13-24(14-12-22)41(43)44)19-39(18-23-7-6-9-27(34)31(23)35)32(45)38-28-10-5-4-8-26(28)33/h4-14,16,20-21,29H,3,15,17-19H2,1-2H3,(H,37,42)(H,38,45)/t21-,29+/m0/s1. The van der Waals surface area contributed by atoms with E-state index >= 15 is 0 Å². The van der Waals surface area contributed by atoms with Gasteiger partial charge in [-0.2, -0.15) is 0 Å². The van der Waals surface area contributed by atoms with Crippen LogP contribution in [0.4, 0.5) is 11.4 Å². The maximum atomic E-state index is 13.5. The number of thiocarbonyl (C=S) groups is 1. The van der Waals surface area contributed by atoms with Gasteiger partial charge in [-0.05, 0) is 63.4 Å². The molecular formula is C32H33BrCl2N6O3S. The molecule has 0 radical (unpaired) electrons. The lowest BCUT2D eigenvalue weighted by Crippen LogP contribution is -2.50. The Morgan fingerprint density at radius 2 is 1.87 bits per heavy atom. The zero-order valence-corrected chi connectivity index (χ0v) is 28.7. The first-order chi connectivity index (χ1) is 21.5. The molecule has 236 valence electrons. The molecule has 0 fully saturated rings. The van der Waals surface area contributed by atoms with Crippen molar-refractivity contribution in [2.45, 2.75) is 45.8 Å². The normalized spacial score (nSPS) is 12.3. The number of nitro benzene ring substituents is 1. The van der Waals surface area contributed by atoms with E-state index in [1.807, 2.05) is 45.9 Å². The molecule has 0 spiro atoms. The van der Waals surface area contributed by atoms with Gasteiger partial charge in [-0.15, -0.1) is 0 Å². The lowest BCUT2D eigenvalue weighted by atomic mass is 9.98. The summed E-state index contributed by atoms with van der Waals surface area (Å²) < 4.78 is 2.73. The lowest BCUT2D eigenvalue weighted by Gasteiger charge is -2.33. The first-order valence-corrected chi connectivity index (χ1v) is 16.3. The van der Waals surface area contributed by atoms with Gasteiger partial charge in [0.2, 0.25) is 5.91 Å². The molecule has 0 saturated heterocycles. The van der Waals surface area contributed by atoms with Crippen LogP contribution < -0.4 is 10.6 Å². The van der Waals surface area contributed by atoms with Gasteiger partial charge >= 0.3 is 0 Å². The van der Waals surface area contributed by atoms with Gasteiger partial charge in [-0.25, -0.2) is 4.98 Å². The van der Waals surface area contributed by atoms with Gasteiger partial charge in [0.25, 0.3) is 5.69 Å². The number of nitrogens with zero attached hydrogens (tertiary/aromatic N) is 4. The van der Waals surface area contributed by atoms with Crippen molar-refractivity contribution < 1.29 is 9.72 Å². The van der Waals surface area contributed by atoms with Gasteiger partial charge in [0, 0.05) is 54.2 Å². The number of rotatable bonds is 13. The van der Waals surface area contributed by atoms with Gasteiger partial charge in [0.15, 0.2) is 5.11 Å². The van der Waals surface area contributed by atoms with E-state index in [-0.39, 0.29) is 30.0 Å². The number of carbonyl (C=O) groups is 1. The van der Waals surface area contributed by atoms with Crippen LogP contribution in [0.25, 0.3) is 0 Å². The van der Waals surface area contributed by atoms with E-state index in [0.717, 1.165) is 33.4 Å². The third-order valence-electron chi connectivity index (χ3n) is 7.53. The summed E-state index contributed by atoms with van der Waals surface area (Å²) in [4.78, 5) is 30.3. The minimum absolute atomic E-state index is 0.0258. The molecule has 4 aromatic rings. The Morgan fingerprint density at radius 1 is 1.13 bits per heavy atom. The number of benzene rings is 3. The maximum Gasteiger partial charge on any atom is 0.269 e. The van der Waals surface area contributed by atoms with Crippen LogP contribution >= 0.6 is 51.3 Å². The molecule has 45 heavy (non-hydrogen) atoms. The molecule has 1 heterocycles. The third kappa shape index (κ3) is 9.49. The van der Waals surface area contributed by atoms with Crippen molar-refractivity contribution in [2.75, 3.05) is 11.9 Å². The van der Waals surface area contributed by atoms with Crippen LogP contribution in [0.5, 0.6) is 0 Å². The molecule has 13 heteroatoms. The largest absolute Gasteiger partial charge is 0.351 e. The van der Waals surface area contributed by atoms with Crippen molar-refractivity contribution in [2.24, 2.45) is 5.92 Å². The number of amides is 1. The summed E-state index contributed by atoms with van der Waals surface area (Å²) in [6.45, 7) is 5.40. The zero-order chi connectivity index (χ0) is 32.5. The van der Waals surface area contributed by atoms with Crippen LogP contribution in [0.1, 0.15) is 37.1 Å². The molecule has 0 aliphatic heterocycles. The van der Waals surface area contributed by atoms with Gasteiger partial charge in [-0.3, -0.25) is 14.9 Å². The van der Waals surface area contributed by atoms with Crippen LogP contribution in [-0.2, 0) is 24.3 Å². The number of carbonyl (C=O) groups excluding carboxylic acids is 1. The molecule has 0 saturated carbocycles. The van der Waals surface area contributed by atoms with Crippen molar-refractivity contribution in [3.05, 3.63) is 121 Å². The summed E-state index contributed by atoms with van der Waals surface area (Å²) in [5.74, 6) is -0.0290. The summed E-state index contributed by atoms with van der Waals surface area (Å²) >= 11 is 22.4. The van der Waals surface area contributed by atoms with E-state index in [4.69, 9.17) is 35.4 Å². The highest BCUT2D eigenvalue weighted by Gasteiger charge is 2.25. The Bertz CT molecular complexity index is 1650. The average Bonchev–Trinajstić information content (AvgIpc) is 3.45. The van der Waals surface area contributed by atoms with Crippen LogP contribution in [0.15, 0.2) is 83.7 Å². The fourth-order valence-electron chi connectivity index (χ4n) is 4.72. The summed E-state index contributed by atoms with van der Waals surface area (Å²) in [5.41, 5.74) is 3.24. The number of halogens is 3. The molecule has 1 amide bonds. The predicted octanol–water partition coefficient (Wildman–Crippen LogP) is 7.88. The predicted molar refractivity (Wildman–Crippen MR) is 187 cm³/mol. The molecule has 2 atom stereocenters. The van der Waals surface area contributed by atoms with E-state index in [1.165, 1.54) is 12.1 Å². The fourth-order valence-corrected chi connectivity index (χ4v) is 5.73. The number of nitro groups is 1. The molecule has 0 unspecified atom stereocenters. The number of nitrogens with one attached hydrogen (secondary N) is 2. The van der Waals surface area contributed by atoms with Crippen molar-refractivity contribution in [1.82, 2.24) is 19.8 Å². The van der Waals surface area contributed by atoms with Gasteiger partial charge in [0.1, 0.15) is 0 Å². The zero-order valence-electron chi connectivity index (χ0n) is 24.8. The monoisotopic (exact) mass is 730 g/mol. The Labute approximate surface area is 286 Å². The molecule has 2 N–H and O–H groups in total. The van der Waals surface area contributed by atoms with E-state index in [1.54, 1.807) is 30.7 Å². The molecule has 9 nitrogen and oxygen atoms in total. The SMILES string of the molecule is CC[C@H](C)[C@@H](CN(Cc1cccc(Cl)c1Cl)C(=S)Nc1ccccc1Br)NC(=O)Cc1cncn1Cc1ccc([N+](=O)[O-])cc1. The van der Waals surface area contributed by atoms with Crippen LogP contribution in [-0.4, -0.2) is 43.0 Å². The van der Waals surface area contributed by atoms with Gasteiger partial charge in [-0.1, -0.05) is 79.9 Å². The first kappa shape index (κ1) is 34.4. The molecule has 0 aliphatic rings. The summed E-state index contributed by atoms with van der Waals surface area (Å²) in [7, 11) is 0. The molecule has 4 rings (SSSR count). The lowest BCUT2D eigenvalue weighted by molar-refractivity contribution is -0.384. The van der Waals surface area contributed by atoms with Gasteiger partial charge < -0.3 is 20.1 Å². The van der Waals surface area contributed by atoms with Crippen molar-refractivity contribution in [1.29, 1.82) is 0 Å². The minimum Gasteiger partial charge on any atom is -0.351 e. The minimum atomic E-state index is -0.432. The number of hydrogen-bond donors (Lipinski definition) is 2. The quantitative estimate of drug-likeness (QED) is 0.0819. The Kier molecular flexibility index (Phi) is 12.3. The number of para-hydroxylation sites is 1. The number of imidazole rings is 1. The molecule has 0 bridgehead atoms. The van der Waals surface area contributed by atoms with E-state index in [2.05, 4.69) is 45.4 Å². The summed E-state index contributed by atoms with van der Waals surface area (Å²) in [5, 5.41) is 19.0. The average molecular weight is 733 g/mol. The van der Waals surface area contributed by atoms with E-state index in [9.17, 15) is 14.9 Å². The smallest absolute Gasteiger partial charge is 0.269 e. The van der Waals surface area contributed by atoms with Crippen molar-refractivity contribution in [3.8, 4) is 0 Å². The molecular weight excluding hydrogens is 699 g/mol. The van der Waals surface area contributed by atoms with Crippen LogP contribution in [0.2, 0.25) is 10.0 Å². The number of non-ortho nitro benzene ring substituents is 1. The van der Waals surface area contributed by atoms with E-state index in [0.29, 0.717) is 34.8 Å². The van der Waals surface area contributed by atoms with E-state index < -0.39 is 4.92 Å². The maximum absolute atomic E-state index is 13.5. The van der Waals surface area contributed by atoms with Crippen LogP contribution in [0, 0.1) is 16.0 Å². The first-order valence-electron chi connectivity index (χ1n) is 14.3. The molecule has 1 aromatic heterocycles.